The number of amides is 3. The van der Waals surface area contributed by atoms with Crippen LogP contribution in [0.5, 0.6) is 0 Å². The summed E-state index contributed by atoms with van der Waals surface area (Å²) in [7, 11) is 0. The predicted octanol–water partition coefficient (Wildman–Crippen LogP) is 0.767. The lowest BCUT2D eigenvalue weighted by atomic mass is 10.3. The Kier molecular flexibility index (Phi) is 7.30. The van der Waals surface area contributed by atoms with E-state index < -0.39 is 0 Å². The van der Waals surface area contributed by atoms with Gasteiger partial charge in [-0.2, -0.15) is 0 Å². The van der Waals surface area contributed by atoms with Crippen molar-refractivity contribution in [2.75, 3.05) is 5.32 Å². The summed E-state index contributed by atoms with van der Waals surface area (Å²) in [6.45, 7) is 3.78. The SMILES string of the molecule is CCCC(=O)NNC(=O)Cc1nnc(NC(=O)CCC)s1. The maximum atomic E-state index is 11.6. The third kappa shape index (κ3) is 6.80. The van der Waals surface area contributed by atoms with Crippen LogP contribution >= 0.6 is 11.3 Å². The van der Waals surface area contributed by atoms with Crippen LogP contribution < -0.4 is 16.2 Å². The largest absolute Gasteiger partial charge is 0.301 e. The molecule has 21 heavy (non-hydrogen) atoms. The van der Waals surface area contributed by atoms with Crippen LogP contribution in [0.15, 0.2) is 0 Å². The smallest absolute Gasteiger partial charge is 0.245 e. The molecule has 0 saturated carbocycles. The number of nitrogens with zero attached hydrogens (tertiary/aromatic N) is 2. The van der Waals surface area contributed by atoms with Gasteiger partial charge in [-0.25, -0.2) is 0 Å². The minimum atomic E-state index is -0.387. The van der Waals surface area contributed by atoms with E-state index in [1.807, 2.05) is 13.8 Å². The Hall–Kier alpha value is -2.03. The van der Waals surface area contributed by atoms with Crippen LogP contribution in [0, 0.1) is 0 Å². The van der Waals surface area contributed by atoms with Crippen LogP contribution in [0.25, 0.3) is 0 Å². The van der Waals surface area contributed by atoms with Crippen molar-refractivity contribution < 1.29 is 14.4 Å². The molecule has 9 heteroatoms. The zero-order valence-electron chi connectivity index (χ0n) is 12.1. The number of hydrogen-bond donors (Lipinski definition) is 3. The summed E-state index contributed by atoms with van der Waals surface area (Å²) in [4.78, 5) is 34.2. The van der Waals surface area contributed by atoms with Crippen molar-refractivity contribution in [2.24, 2.45) is 0 Å². The number of hydrogen-bond acceptors (Lipinski definition) is 6. The highest BCUT2D eigenvalue weighted by Crippen LogP contribution is 2.15. The van der Waals surface area contributed by atoms with E-state index in [1.54, 1.807) is 0 Å². The molecule has 3 amide bonds. The normalized spacial score (nSPS) is 10.0. The number of aromatic nitrogens is 2. The van der Waals surface area contributed by atoms with Gasteiger partial charge in [-0.3, -0.25) is 25.2 Å². The van der Waals surface area contributed by atoms with Crippen LogP contribution in [-0.4, -0.2) is 27.9 Å². The highest BCUT2D eigenvalue weighted by molar-refractivity contribution is 7.15. The Morgan fingerprint density at radius 1 is 0.952 bits per heavy atom. The van der Waals surface area contributed by atoms with Crippen LogP contribution in [0.2, 0.25) is 0 Å². The van der Waals surface area contributed by atoms with Crippen LogP contribution in [0.4, 0.5) is 5.13 Å². The van der Waals surface area contributed by atoms with E-state index in [9.17, 15) is 14.4 Å². The fraction of sp³-hybridized carbons (Fsp3) is 0.583. The van der Waals surface area contributed by atoms with Gasteiger partial charge < -0.3 is 5.32 Å². The quantitative estimate of drug-likeness (QED) is 0.643. The molecule has 0 fully saturated rings. The summed E-state index contributed by atoms with van der Waals surface area (Å²) in [6, 6.07) is 0. The second kappa shape index (κ2) is 9.01. The Balaban J connectivity index is 2.38. The molecule has 0 atom stereocenters. The molecular weight excluding hydrogens is 294 g/mol. The number of rotatable bonds is 7. The predicted molar refractivity (Wildman–Crippen MR) is 78.3 cm³/mol. The van der Waals surface area contributed by atoms with E-state index in [1.165, 1.54) is 0 Å². The fourth-order valence-electron chi connectivity index (χ4n) is 1.39. The molecule has 1 aromatic rings. The molecule has 0 aliphatic heterocycles. The van der Waals surface area contributed by atoms with Gasteiger partial charge in [-0.05, 0) is 12.8 Å². The van der Waals surface area contributed by atoms with E-state index >= 15 is 0 Å². The van der Waals surface area contributed by atoms with Gasteiger partial charge in [0, 0.05) is 12.8 Å². The molecule has 0 unspecified atom stereocenters. The van der Waals surface area contributed by atoms with E-state index in [0.717, 1.165) is 17.8 Å². The summed E-state index contributed by atoms with van der Waals surface area (Å²) in [5, 5.41) is 11.0. The Bertz CT molecular complexity index is 503. The van der Waals surface area contributed by atoms with Crippen molar-refractivity contribution >= 4 is 34.2 Å². The maximum Gasteiger partial charge on any atom is 0.245 e. The topological polar surface area (TPSA) is 113 Å². The van der Waals surface area contributed by atoms with Gasteiger partial charge in [0.2, 0.25) is 22.9 Å². The summed E-state index contributed by atoms with van der Waals surface area (Å²) in [6.07, 6.45) is 2.22. The molecule has 1 heterocycles. The van der Waals surface area contributed by atoms with Crippen molar-refractivity contribution in [1.29, 1.82) is 0 Å². The lowest BCUT2D eigenvalue weighted by Crippen LogP contribution is -2.42. The molecule has 116 valence electrons. The summed E-state index contributed by atoms with van der Waals surface area (Å²) in [5.41, 5.74) is 4.61. The molecule has 8 nitrogen and oxygen atoms in total. The molecule has 1 rings (SSSR count). The maximum absolute atomic E-state index is 11.6. The fourth-order valence-corrected chi connectivity index (χ4v) is 2.15. The van der Waals surface area contributed by atoms with Crippen molar-refractivity contribution in [1.82, 2.24) is 21.0 Å². The first kappa shape index (κ1) is 17.0. The molecule has 0 aliphatic rings. The monoisotopic (exact) mass is 313 g/mol. The summed E-state index contributed by atoms with van der Waals surface area (Å²) in [5.74, 6) is -0.755. The zero-order valence-corrected chi connectivity index (χ0v) is 12.9. The molecule has 0 aromatic carbocycles. The lowest BCUT2D eigenvalue weighted by molar-refractivity contribution is -0.128. The molecule has 1 aromatic heterocycles. The number of hydrazine groups is 1. The first-order valence-electron chi connectivity index (χ1n) is 6.75. The van der Waals surface area contributed by atoms with E-state index in [4.69, 9.17) is 0 Å². The van der Waals surface area contributed by atoms with Gasteiger partial charge in [0.1, 0.15) is 5.01 Å². The first-order valence-corrected chi connectivity index (χ1v) is 7.56. The second-order valence-corrected chi connectivity index (χ2v) is 5.38. The summed E-state index contributed by atoms with van der Waals surface area (Å²) >= 11 is 1.13. The highest BCUT2D eigenvalue weighted by Gasteiger charge is 2.11. The van der Waals surface area contributed by atoms with Crippen molar-refractivity contribution in [3.05, 3.63) is 5.01 Å². The number of carbonyl (C=O) groups is 3. The van der Waals surface area contributed by atoms with Gasteiger partial charge in [0.25, 0.3) is 0 Å². The molecular formula is C12H19N5O3S. The standard InChI is InChI=1S/C12H19N5O3S/c1-3-5-8(18)13-12-17-16-11(21-12)7-10(20)15-14-9(19)6-4-2/h3-7H2,1-2H3,(H,14,19)(H,15,20)(H,13,17,18). The van der Waals surface area contributed by atoms with Crippen molar-refractivity contribution in [2.45, 2.75) is 46.0 Å². The third-order valence-electron chi connectivity index (χ3n) is 2.32. The third-order valence-corrected chi connectivity index (χ3v) is 3.16. The Morgan fingerprint density at radius 2 is 1.57 bits per heavy atom. The minimum absolute atomic E-state index is 0.00623. The van der Waals surface area contributed by atoms with Crippen molar-refractivity contribution in [3.63, 3.8) is 0 Å². The van der Waals surface area contributed by atoms with E-state index in [0.29, 0.717) is 29.4 Å². The molecule has 0 spiro atoms. The Labute approximate surface area is 126 Å². The van der Waals surface area contributed by atoms with Crippen molar-refractivity contribution in [3.8, 4) is 0 Å². The molecule has 0 aliphatic carbocycles. The number of nitrogens with one attached hydrogen (secondary N) is 3. The second-order valence-electron chi connectivity index (χ2n) is 4.32. The van der Waals surface area contributed by atoms with E-state index in [-0.39, 0.29) is 24.1 Å². The molecule has 0 bridgehead atoms. The van der Waals surface area contributed by atoms with Gasteiger partial charge >= 0.3 is 0 Å². The number of carbonyl (C=O) groups excluding carboxylic acids is 3. The van der Waals surface area contributed by atoms with Gasteiger partial charge in [0.15, 0.2) is 0 Å². The first-order chi connectivity index (χ1) is 10.0. The van der Waals surface area contributed by atoms with Crippen LogP contribution in [0.3, 0.4) is 0 Å². The van der Waals surface area contributed by atoms with Gasteiger partial charge in [0.05, 0.1) is 6.42 Å². The summed E-state index contributed by atoms with van der Waals surface area (Å²) < 4.78 is 0. The van der Waals surface area contributed by atoms with Crippen LogP contribution in [-0.2, 0) is 20.8 Å². The Morgan fingerprint density at radius 3 is 2.24 bits per heavy atom. The van der Waals surface area contributed by atoms with Gasteiger partial charge in [-0.15, -0.1) is 10.2 Å². The molecule has 0 radical (unpaired) electrons. The van der Waals surface area contributed by atoms with Gasteiger partial charge in [-0.1, -0.05) is 25.2 Å². The number of anilines is 1. The highest BCUT2D eigenvalue weighted by atomic mass is 32.1. The molecule has 0 saturated heterocycles. The average molecular weight is 313 g/mol. The van der Waals surface area contributed by atoms with Crippen LogP contribution in [0.1, 0.15) is 44.5 Å². The lowest BCUT2D eigenvalue weighted by Gasteiger charge is -2.04. The van der Waals surface area contributed by atoms with E-state index in [2.05, 4.69) is 26.4 Å². The molecule has 3 N–H and O–H groups in total. The minimum Gasteiger partial charge on any atom is -0.301 e. The zero-order chi connectivity index (χ0) is 15.7. The average Bonchev–Trinajstić information content (AvgIpc) is 2.84.